The number of thiophene rings is 2. The van der Waals surface area contributed by atoms with E-state index >= 15 is 0 Å². The lowest BCUT2D eigenvalue weighted by atomic mass is 9.44. The van der Waals surface area contributed by atoms with Crippen LogP contribution >= 0.6 is 22.7 Å². The van der Waals surface area contributed by atoms with Gasteiger partial charge in [-0.2, -0.15) is 0 Å². The van der Waals surface area contributed by atoms with Crippen LogP contribution in [0.4, 0.5) is 11.4 Å². The van der Waals surface area contributed by atoms with Gasteiger partial charge in [0.25, 0.3) is 0 Å². The van der Waals surface area contributed by atoms with E-state index in [1.165, 1.54) is 131 Å². The Morgan fingerprint density at radius 3 is 2.04 bits per heavy atom. The summed E-state index contributed by atoms with van der Waals surface area (Å²) in [7, 11) is 0. The summed E-state index contributed by atoms with van der Waals surface area (Å²) in [6.07, 6.45) is 2.41. The van der Waals surface area contributed by atoms with E-state index in [0.29, 0.717) is 0 Å². The highest BCUT2D eigenvalue weighted by Crippen LogP contribution is 2.53. The van der Waals surface area contributed by atoms with Gasteiger partial charge in [-0.15, -0.1) is 22.7 Å². The third-order valence-corrected chi connectivity index (χ3v) is 18.6. The molecule has 8 aromatic carbocycles. The lowest BCUT2D eigenvalue weighted by Crippen LogP contribution is -2.60. The molecule has 6 heteroatoms. The monoisotopic (exact) mass is 912 g/mol. The zero-order chi connectivity index (χ0) is 45.7. The maximum atomic E-state index is 6.88. The second-order valence-electron chi connectivity index (χ2n) is 22.3. The lowest BCUT2D eigenvalue weighted by molar-refractivity contribution is 0.332. The third-order valence-electron chi connectivity index (χ3n) is 16.4. The number of hydrogen-bond acceptors (Lipinski definition) is 4. The number of nitrogens with zero attached hydrogens (tertiary/aromatic N) is 2. The molecule has 0 atom stereocenters. The molecule has 0 unspecified atom stereocenters. The van der Waals surface area contributed by atoms with Crippen LogP contribution < -0.4 is 15.7 Å². The van der Waals surface area contributed by atoms with Crippen molar-refractivity contribution in [1.82, 2.24) is 4.57 Å². The van der Waals surface area contributed by atoms with Crippen LogP contribution in [0, 0.1) is 0 Å². The molecule has 0 spiro atoms. The van der Waals surface area contributed by atoms with Crippen LogP contribution in [0.15, 0.2) is 150 Å². The van der Waals surface area contributed by atoms with Crippen molar-refractivity contribution in [2.24, 2.45) is 0 Å². The smallest absolute Gasteiger partial charge is 0.333 e. The topological polar surface area (TPSA) is 21.3 Å². The molecule has 0 amide bonds. The van der Waals surface area contributed by atoms with E-state index < -0.39 is 0 Å². The Hall–Kier alpha value is -6.60. The van der Waals surface area contributed by atoms with Crippen LogP contribution in [0.2, 0.25) is 0 Å². The predicted octanol–water partition coefficient (Wildman–Crippen LogP) is 16.8. The third kappa shape index (κ3) is 5.25. The molecule has 328 valence electrons. The summed E-state index contributed by atoms with van der Waals surface area (Å²) < 4.78 is 14.9. The average Bonchev–Trinajstić information content (AvgIpc) is 4.10. The normalized spacial score (nSPS) is 15.9. The standard InChI is InChI=1S/C62H49BN2OS2/c1-60(2,3)36-17-19-37(20-18-36)65-50-33-57-44(45-29-46-47(30-55(45)68-57)62(6,7)24-23-61(46,4)5)27-41(50)39-21-22-40-42-28-43-38-15-11-12-16-54(38)67-56(43)32-49(42)64-51-25-35-26-52(34-13-9-8-10-14-34)66-53(35)31-48(51)63(65)58(39)59(40)64/h8-22,25-33H,23-24H2,1-7H3. The molecule has 15 rings (SSSR count). The quantitative estimate of drug-likeness (QED) is 0.161. The maximum absolute atomic E-state index is 6.88. The Kier molecular flexibility index (Phi) is 7.61. The Morgan fingerprint density at radius 1 is 0.559 bits per heavy atom. The van der Waals surface area contributed by atoms with Crippen molar-refractivity contribution < 1.29 is 4.42 Å². The van der Waals surface area contributed by atoms with Gasteiger partial charge < -0.3 is 13.8 Å². The molecule has 4 aromatic heterocycles. The summed E-state index contributed by atoms with van der Waals surface area (Å²) in [5.41, 5.74) is 18.1. The van der Waals surface area contributed by atoms with E-state index in [1.54, 1.807) is 0 Å². The molecule has 6 heterocycles. The molecule has 12 aromatic rings. The predicted molar refractivity (Wildman–Crippen MR) is 295 cm³/mol. The van der Waals surface area contributed by atoms with Crippen LogP contribution in [0.3, 0.4) is 0 Å². The van der Waals surface area contributed by atoms with Crippen molar-refractivity contribution in [3.63, 3.8) is 0 Å². The number of furan rings is 1. The van der Waals surface area contributed by atoms with Gasteiger partial charge in [0.05, 0.1) is 11.0 Å². The highest BCUT2D eigenvalue weighted by Gasteiger charge is 2.45. The summed E-state index contributed by atoms with van der Waals surface area (Å²) in [4.78, 5) is 2.68. The molecule has 0 radical (unpaired) electrons. The molecule has 0 saturated carbocycles. The molecule has 0 bridgehead atoms. The fourth-order valence-electron chi connectivity index (χ4n) is 12.6. The molecule has 3 aliphatic rings. The first-order valence-corrected chi connectivity index (χ1v) is 25.9. The number of hydrogen-bond donors (Lipinski definition) is 0. The molecule has 0 fully saturated rings. The van der Waals surface area contributed by atoms with Crippen molar-refractivity contribution in [3.8, 4) is 28.1 Å². The number of benzene rings is 8. The van der Waals surface area contributed by atoms with E-state index in [2.05, 4.69) is 203 Å². The Balaban J connectivity index is 1.08. The van der Waals surface area contributed by atoms with E-state index in [0.717, 1.165) is 22.3 Å². The second-order valence-corrected chi connectivity index (χ2v) is 24.5. The summed E-state index contributed by atoms with van der Waals surface area (Å²) in [6, 6.07) is 56.1. The van der Waals surface area contributed by atoms with Gasteiger partial charge in [-0.05, 0) is 135 Å². The van der Waals surface area contributed by atoms with Gasteiger partial charge in [-0.3, -0.25) is 0 Å². The number of rotatable bonds is 2. The van der Waals surface area contributed by atoms with E-state index in [9.17, 15) is 0 Å². The minimum absolute atomic E-state index is 0.0292. The highest BCUT2D eigenvalue weighted by molar-refractivity contribution is 7.26. The maximum Gasteiger partial charge on any atom is 0.333 e. The fraction of sp³-hybridized carbons (Fsp3) is 0.194. The zero-order valence-corrected chi connectivity index (χ0v) is 41.1. The van der Waals surface area contributed by atoms with Gasteiger partial charge in [0, 0.05) is 84.7 Å². The SMILES string of the molecule is CC(C)(C)c1ccc(N2B3c4cc5oc(-c6ccccc6)cc5cc4-n4c5cc6sc7ccccc7c6cc5c5ccc(c3c54)-c3cc4c(cc32)sc2cc3c(cc24)C(C)(C)CCC3(C)C)cc1. The van der Waals surface area contributed by atoms with Crippen LogP contribution in [0.1, 0.15) is 78.0 Å². The average molecular weight is 913 g/mol. The van der Waals surface area contributed by atoms with Crippen LogP contribution in [-0.2, 0) is 16.2 Å². The molecular weight excluding hydrogens is 864 g/mol. The fourth-order valence-corrected chi connectivity index (χ4v) is 14.9. The van der Waals surface area contributed by atoms with E-state index in [-0.39, 0.29) is 23.1 Å². The second kappa shape index (κ2) is 13.1. The van der Waals surface area contributed by atoms with E-state index in [4.69, 9.17) is 4.42 Å². The van der Waals surface area contributed by atoms with Crippen molar-refractivity contribution in [1.29, 1.82) is 0 Å². The number of anilines is 2. The minimum Gasteiger partial charge on any atom is -0.456 e. The van der Waals surface area contributed by atoms with Gasteiger partial charge in [0.15, 0.2) is 0 Å². The molecular formula is C62H49BN2OS2. The van der Waals surface area contributed by atoms with Crippen LogP contribution in [-0.4, -0.2) is 11.4 Å². The Morgan fingerprint density at radius 2 is 1.25 bits per heavy atom. The molecule has 0 N–H and O–H groups in total. The van der Waals surface area contributed by atoms with Crippen molar-refractivity contribution in [2.75, 3.05) is 4.81 Å². The van der Waals surface area contributed by atoms with Gasteiger partial charge in [-0.1, -0.05) is 121 Å². The summed E-state index contributed by atoms with van der Waals surface area (Å²) in [5.74, 6) is 0.889. The molecule has 2 aliphatic heterocycles. The van der Waals surface area contributed by atoms with Crippen molar-refractivity contribution in [2.45, 2.75) is 77.6 Å². The molecule has 1 aliphatic carbocycles. The van der Waals surface area contributed by atoms with Gasteiger partial charge in [0.2, 0.25) is 0 Å². The highest BCUT2D eigenvalue weighted by atomic mass is 32.1. The first-order valence-electron chi connectivity index (χ1n) is 24.3. The van der Waals surface area contributed by atoms with E-state index in [1.807, 2.05) is 22.7 Å². The summed E-state index contributed by atoms with van der Waals surface area (Å²) >= 11 is 3.86. The lowest BCUT2D eigenvalue weighted by Gasteiger charge is -2.42. The van der Waals surface area contributed by atoms with Crippen LogP contribution in [0.25, 0.3) is 101 Å². The first-order chi connectivity index (χ1) is 32.8. The minimum atomic E-state index is -0.120. The van der Waals surface area contributed by atoms with Gasteiger partial charge >= 0.3 is 6.85 Å². The number of aromatic nitrogens is 1. The summed E-state index contributed by atoms with van der Waals surface area (Å²) in [5, 5.41) is 9.10. The molecule has 68 heavy (non-hydrogen) atoms. The van der Waals surface area contributed by atoms with Crippen LogP contribution in [0.5, 0.6) is 0 Å². The van der Waals surface area contributed by atoms with Gasteiger partial charge in [-0.25, -0.2) is 0 Å². The molecule has 0 saturated heterocycles. The largest absolute Gasteiger partial charge is 0.456 e. The molecule has 3 nitrogen and oxygen atoms in total. The Bertz CT molecular complexity index is 4190. The Labute approximate surface area is 404 Å². The van der Waals surface area contributed by atoms with Crippen molar-refractivity contribution >= 4 is 125 Å². The first kappa shape index (κ1) is 39.4. The number of fused-ring (bicyclic) bond motifs is 16. The van der Waals surface area contributed by atoms with Gasteiger partial charge in [0.1, 0.15) is 11.3 Å². The summed E-state index contributed by atoms with van der Waals surface area (Å²) in [6.45, 7) is 16.6. The zero-order valence-electron chi connectivity index (χ0n) is 39.5. The van der Waals surface area contributed by atoms with Crippen molar-refractivity contribution in [3.05, 3.63) is 162 Å².